The van der Waals surface area contributed by atoms with E-state index in [0.29, 0.717) is 28.9 Å². The predicted molar refractivity (Wildman–Crippen MR) is 120 cm³/mol. The van der Waals surface area contributed by atoms with Crippen LogP contribution in [0.5, 0.6) is 0 Å². The quantitative estimate of drug-likeness (QED) is 0.395. The molecule has 0 aromatic carbocycles. The van der Waals surface area contributed by atoms with Gasteiger partial charge in [0.15, 0.2) is 5.13 Å². The van der Waals surface area contributed by atoms with Gasteiger partial charge < -0.3 is 20.5 Å². The number of amides is 1. The number of anilines is 2. The Morgan fingerprint density at radius 1 is 1.28 bits per heavy atom. The van der Waals surface area contributed by atoms with E-state index >= 15 is 0 Å². The Morgan fingerprint density at radius 3 is 3.06 bits per heavy atom. The van der Waals surface area contributed by atoms with Crippen LogP contribution in [0.1, 0.15) is 12.8 Å². The first-order chi connectivity index (χ1) is 15.7. The molecule has 164 valence electrons. The van der Waals surface area contributed by atoms with Gasteiger partial charge in [0.1, 0.15) is 22.8 Å². The molecule has 1 atom stereocenters. The number of hydrogen-bond donors (Lipinski definition) is 3. The van der Waals surface area contributed by atoms with Crippen molar-refractivity contribution >= 4 is 39.2 Å². The van der Waals surface area contributed by atoms with Gasteiger partial charge in [0.25, 0.3) is 0 Å². The maximum atomic E-state index is 14.0. The van der Waals surface area contributed by atoms with Gasteiger partial charge in [0.2, 0.25) is 5.91 Å². The Kier molecular flexibility index (Phi) is 5.73. The average molecular weight is 453 g/mol. The molecular formula is C21H21FN8OS. The molecule has 1 saturated heterocycles. The summed E-state index contributed by atoms with van der Waals surface area (Å²) in [7, 11) is 0. The SMILES string of the molecule is O=C(NCCn1cnc2cnc(Nc3ncc(-c4ncccc4F)s3)cc21)[C@@H]1CCCN1. The van der Waals surface area contributed by atoms with Gasteiger partial charge in [0.05, 0.1) is 29.0 Å². The predicted octanol–water partition coefficient (Wildman–Crippen LogP) is 2.70. The Labute approximate surface area is 187 Å². The Morgan fingerprint density at radius 2 is 2.22 bits per heavy atom. The molecular weight excluding hydrogens is 431 g/mol. The van der Waals surface area contributed by atoms with Crippen molar-refractivity contribution < 1.29 is 9.18 Å². The second-order valence-electron chi connectivity index (χ2n) is 7.42. The highest BCUT2D eigenvalue weighted by Crippen LogP contribution is 2.30. The van der Waals surface area contributed by atoms with Crippen molar-refractivity contribution in [3.05, 3.63) is 48.9 Å². The van der Waals surface area contributed by atoms with Crippen LogP contribution in [0.25, 0.3) is 21.6 Å². The van der Waals surface area contributed by atoms with Crippen molar-refractivity contribution in [1.82, 2.24) is 35.1 Å². The zero-order chi connectivity index (χ0) is 21.9. The summed E-state index contributed by atoms with van der Waals surface area (Å²) in [5.74, 6) is 0.252. The van der Waals surface area contributed by atoms with E-state index in [1.807, 2.05) is 10.6 Å². The summed E-state index contributed by atoms with van der Waals surface area (Å²) in [4.78, 5) is 30.0. The number of pyridine rings is 2. The third-order valence-corrected chi connectivity index (χ3v) is 6.19. The number of halogens is 1. The van der Waals surface area contributed by atoms with Gasteiger partial charge in [-0.15, -0.1) is 0 Å². The molecule has 1 aliphatic heterocycles. The molecule has 9 nitrogen and oxygen atoms in total. The van der Waals surface area contributed by atoms with Gasteiger partial charge in [-0.2, -0.15) is 0 Å². The van der Waals surface area contributed by atoms with E-state index in [9.17, 15) is 9.18 Å². The number of rotatable bonds is 7. The minimum absolute atomic E-state index is 0.0415. The van der Waals surface area contributed by atoms with E-state index < -0.39 is 0 Å². The van der Waals surface area contributed by atoms with E-state index in [1.54, 1.807) is 31.0 Å². The van der Waals surface area contributed by atoms with Gasteiger partial charge in [-0.1, -0.05) is 11.3 Å². The summed E-state index contributed by atoms with van der Waals surface area (Å²) in [6.07, 6.45) is 8.47. The van der Waals surface area contributed by atoms with Gasteiger partial charge in [-0.3, -0.25) is 9.78 Å². The van der Waals surface area contributed by atoms with Crippen molar-refractivity contribution in [2.24, 2.45) is 0 Å². The van der Waals surface area contributed by atoms with Crippen molar-refractivity contribution in [3.63, 3.8) is 0 Å². The van der Waals surface area contributed by atoms with E-state index in [2.05, 4.69) is 35.9 Å². The molecule has 1 aliphatic rings. The van der Waals surface area contributed by atoms with Crippen molar-refractivity contribution in [2.45, 2.75) is 25.4 Å². The lowest BCUT2D eigenvalue weighted by Gasteiger charge is -2.11. The fourth-order valence-electron chi connectivity index (χ4n) is 3.66. The first kappa shape index (κ1) is 20.5. The highest BCUT2D eigenvalue weighted by atomic mass is 32.1. The smallest absolute Gasteiger partial charge is 0.237 e. The van der Waals surface area contributed by atoms with Crippen molar-refractivity contribution in [3.8, 4) is 10.6 Å². The van der Waals surface area contributed by atoms with Crippen LogP contribution in [0.2, 0.25) is 0 Å². The minimum atomic E-state index is -0.387. The van der Waals surface area contributed by atoms with E-state index in [0.717, 1.165) is 30.4 Å². The number of hydrogen-bond acceptors (Lipinski definition) is 8. The number of nitrogens with zero attached hydrogens (tertiary/aromatic N) is 5. The molecule has 11 heteroatoms. The van der Waals surface area contributed by atoms with Crippen LogP contribution in [-0.2, 0) is 11.3 Å². The summed E-state index contributed by atoms with van der Waals surface area (Å²) in [6, 6.07) is 4.72. The van der Waals surface area contributed by atoms with Gasteiger partial charge in [-0.25, -0.2) is 19.3 Å². The Balaban J connectivity index is 1.26. The third kappa shape index (κ3) is 4.30. The molecule has 0 spiro atoms. The van der Waals surface area contributed by atoms with Crippen LogP contribution < -0.4 is 16.0 Å². The first-order valence-corrected chi connectivity index (χ1v) is 11.1. The molecule has 1 amide bonds. The maximum absolute atomic E-state index is 14.0. The third-order valence-electron chi connectivity index (χ3n) is 5.27. The highest BCUT2D eigenvalue weighted by Gasteiger charge is 2.21. The number of thiazole rings is 1. The molecule has 4 aromatic heterocycles. The number of carbonyl (C=O) groups is 1. The van der Waals surface area contributed by atoms with E-state index in [4.69, 9.17) is 0 Å². The minimum Gasteiger partial charge on any atom is -0.353 e. The van der Waals surface area contributed by atoms with Crippen LogP contribution in [0.3, 0.4) is 0 Å². The number of imidazole rings is 1. The van der Waals surface area contributed by atoms with Crippen LogP contribution in [0.4, 0.5) is 15.3 Å². The highest BCUT2D eigenvalue weighted by molar-refractivity contribution is 7.18. The Bertz CT molecular complexity index is 1250. The fraction of sp³-hybridized carbons (Fsp3) is 0.286. The monoisotopic (exact) mass is 452 g/mol. The first-order valence-electron chi connectivity index (χ1n) is 10.3. The molecule has 32 heavy (non-hydrogen) atoms. The summed E-state index contributed by atoms with van der Waals surface area (Å²) >= 11 is 1.30. The van der Waals surface area contributed by atoms with Crippen molar-refractivity contribution in [1.29, 1.82) is 0 Å². The van der Waals surface area contributed by atoms with Crippen molar-refractivity contribution in [2.75, 3.05) is 18.4 Å². The van der Waals surface area contributed by atoms with Gasteiger partial charge >= 0.3 is 0 Å². The van der Waals surface area contributed by atoms with E-state index in [-0.39, 0.29) is 23.5 Å². The molecule has 0 bridgehead atoms. The number of carbonyl (C=O) groups excluding carboxylic acids is 1. The zero-order valence-corrected chi connectivity index (χ0v) is 17.9. The fourth-order valence-corrected chi connectivity index (χ4v) is 4.48. The second kappa shape index (κ2) is 8.97. The summed E-state index contributed by atoms with van der Waals surface area (Å²) in [6.45, 7) is 2.00. The second-order valence-corrected chi connectivity index (χ2v) is 8.46. The standard InChI is InChI=1S/C21H21FN8OS/c22-13-3-1-6-24-19(13)17-11-27-21(32-17)29-18-9-16-15(10-26-18)28-12-30(16)8-7-25-20(31)14-4-2-5-23-14/h1,3,6,9-12,14,23H,2,4-5,7-8H2,(H,25,31)(H,26,27,29)/t14-/m0/s1. The van der Waals surface area contributed by atoms with Crippen LogP contribution in [0.15, 0.2) is 43.1 Å². The lowest BCUT2D eigenvalue weighted by atomic mass is 10.2. The number of fused-ring (bicyclic) bond motifs is 1. The molecule has 0 radical (unpaired) electrons. The normalized spacial score (nSPS) is 15.8. The van der Waals surface area contributed by atoms with E-state index in [1.165, 1.54) is 17.4 Å². The lowest BCUT2D eigenvalue weighted by molar-refractivity contribution is -0.122. The van der Waals surface area contributed by atoms with Gasteiger partial charge in [0, 0.05) is 31.5 Å². The molecule has 0 aliphatic carbocycles. The zero-order valence-electron chi connectivity index (χ0n) is 17.1. The largest absolute Gasteiger partial charge is 0.353 e. The summed E-state index contributed by atoms with van der Waals surface area (Å²) in [5, 5.41) is 9.92. The molecule has 5 heterocycles. The number of nitrogens with one attached hydrogen (secondary N) is 3. The summed E-state index contributed by atoms with van der Waals surface area (Å²) in [5.41, 5.74) is 1.92. The van der Waals surface area contributed by atoms with Crippen LogP contribution in [-0.4, -0.2) is 49.5 Å². The molecule has 3 N–H and O–H groups in total. The topological polar surface area (TPSA) is 110 Å². The molecule has 5 rings (SSSR count). The Hall–Kier alpha value is -3.44. The number of aromatic nitrogens is 5. The molecule has 1 fully saturated rings. The maximum Gasteiger partial charge on any atom is 0.237 e. The van der Waals surface area contributed by atoms with Crippen LogP contribution >= 0.6 is 11.3 Å². The molecule has 0 unspecified atom stereocenters. The van der Waals surface area contributed by atoms with Gasteiger partial charge in [-0.05, 0) is 31.5 Å². The summed E-state index contributed by atoms with van der Waals surface area (Å²) < 4.78 is 16.0. The molecule has 0 saturated carbocycles. The lowest BCUT2D eigenvalue weighted by Crippen LogP contribution is -2.41. The average Bonchev–Trinajstić information content (AvgIpc) is 3.56. The molecule has 4 aromatic rings. The van der Waals surface area contributed by atoms with Crippen LogP contribution in [0, 0.1) is 5.82 Å².